The molecule has 0 bridgehead atoms. The maximum atomic E-state index is 12.1. The number of aromatic nitrogens is 3. The molecule has 1 aliphatic rings. The molecule has 2 atom stereocenters. The molecule has 1 fully saturated rings. The third-order valence-electron chi connectivity index (χ3n) is 3.59. The van der Waals surface area contributed by atoms with Crippen LogP contribution in [0.2, 0.25) is 0 Å². The highest BCUT2D eigenvalue weighted by Gasteiger charge is 2.21. The summed E-state index contributed by atoms with van der Waals surface area (Å²) < 4.78 is 1.51. The highest BCUT2D eigenvalue weighted by atomic mass is 16.3. The summed E-state index contributed by atoms with van der Waals surface area (Å²) in [5.41, 5.74) is 0.530. The average molecular weight is 266 g/mol. The highest BCUT2D eigenvalue weighted by Crippen LogP contribution is 2.16. The summed E-state index contributed by atoms with van der Waals surface area (Å²) in [6.07, 6.45) is 3.92. The van der Waals surface area contributed by atoms with E-state index in [1.165, 1.54) is 11.1 Å². The van der Waals surface area contributed by atoms with E-state index in [1.807, 2.05) is 11.8 Å². The van der Waals surface area contributed by atoms with Crippen LogP contribution < -0.4 is 0 Å². The number of likely N-dealkylation sites (tertiary alicyclic amines) is 1. The van der Waals surface area contributed by atoms with Gasteiger partial charge in [0.05, 0.1) is 12.3 Å². The maximum absolute atomic E-state index is 12.1. The van der Waals surface area contributed by atoms with E-state index in [1.54, 1.807) is 6.20 Å². The summed E-state index contributed by atoms with van der Waals surface area (Å²) in [7, 11) is 0. The molecule has 0 aromatic carbocycles. The first kappa shape index (κ1) is 14.0. The van der Waals surface area contributed by atoms with Crippen LogP contribution in [0.3, 0.4) is 0 Å². The smallest absolute Gasteiger partial charge is 0.244 e. The lowest BCUT2D eigenvalue weighted by molar-refractivity contribution is -0.133. The summed E-state index contributed by atoms with van der Waals surface area (Å²) in [4.78, 5) is 14.0. The third kappa shape index (κ3) is 3.53. The molecule has 1 aliphatic heterocycles. The van der Waals surface area contributed by atoms with Crippen molar-refractivity contribution in [3.63, 3.8) is 0 Å². The number of carbonyl (C=O) groups excluding carboxylic acids is 1. The van der Waals surface area contributed by atoms with Gasteiger partial charge in [-0.15, -0.1) is 5.10 Å². The van der Waals surface area contributed by atoms with Crippen LogP contribution in [0.1, 0.15) is 44.9 Å². The predicted octanol–water partition coefficient (Wildman–Crippen LogP) is 0.980. The summed E-state index contributed by atoms with van der Waals surface area (Å²) in [6, 6.07) is 0. The van der Waals surface area contributed by atoms with Crippen molar-refractivity contribution in [2.45, 2.75) is 45.8 Å². The van der Waals surface area contributed by atoms with Gasteiger partial charge in [0, 0.05) is 13.1 Å². The van der Waals surface area contributed by atoms with Gasteiger partial charge < -0.3 is 10.0 Å². The van der Waals surface area contributed by atoms with Crippen LogP contribution in [0.5, 0.6) is 0 Å². The van der Waals surface area contributed by atoms with Gasteiger partial charge in [-0.05, 0) is 25.2 Å². The van der Waals surface area contributed by atoms with E-state index in [0.29, 0.717) is 18.0 Å². The summed E-state index contributed by atoms with van der Waals surface area (Å²) >= 11 is 0. The molecular formula is C13H22N4O2. The zero-order chi connectivity index (χ0) is 13.8. The van der Waals surface area contributed by atoms with Crippen LogP contribution in [0.25, 0.3) is 0 Å². The molecule has 1 amide bonds. The molecular weight excluding hydrogens is 244 g/mol. The molecule has 1 N–H and O–H groups in total. The lowest BCUT2D eigenvalue weighted by atomic mass is 10.0. The van der Waals surface area contributed by atoms with Crippen molar-refractivity contribution >= 4 is 5.91 Å². The lowest BCUT2D eigenvalue weighted by Gasteiger charge is -2.30. The third-order valence-corrected chi connectivity index (χ3v) is 3.59. The van der Waals surface area contributed by atoms with E-state index in [4.69, 9.17) is 0 Å². The van der Waals surface area contributed by atoms with Gasteiger partial charge >= 0.3 is 0 Å². The van der Waals surface area contributed by atoms with Crippen LogP contribution in [0.4, 0.5) is 0 Å². The molecule has 1 aromatic heterocycles. The van der Waals surface area contributed by atoms with Crippen molar-refractivity contribution in [2.24, 2.45) is 5.92 Å². The number of rotatable bonds is 4. The molecule has 0 radical (unpaired) electrons. The number of carbonyl (C=O) groups is 1. The van der Waals surface area contributed by atoms with Gasteiger partial charge in [0.15, 0.2) is 0 Å². The number of aliphatic hydroxyl groups excluding tert-OH is 1. The minimum Gasteiger partial charge on any atom is -0.387 e. The minimum atomic E-state index is -0.598. The van der Waals surface area contributed by atoms with Gasteiger partial charge in [-0.2, -0.15) is 0 Å². The van der Waals surface area contributed by atoms with Crippen molar-refractivity contribution in [1.29, 1.82) is 0 Å². The van der Waals surface area contributed by atoms with Crippen LogP contribution in [-0.4, -0.2) is 44.0 Å². The van der Waals surface area contributed by atoms with E-state index < -0.39 is 6.10 Å². The second-order valence-corrected chi connectivity index (χ2v) is 5.35. The first-order valence-corrected chi connectivity index (χ1v) is 6.96. The van der Waals surface area contributed by atoms with Gasteiger partial charge in [-0.3, -0.25) is 4.79 Å². The van der Waals surface area contributed by atoms with Crippen molar-refractivity contribution in [2.75, 3.05) is 13.1 Å². The topological polar surface area (TPSA) is 71.2 Å². The molecule has 0 aliphatic carbocycles. The van der Waals surface area contributed by atoms with E-state index in [-0.39, 0.29) is 12.5 Å². The first-order chi connectivity index (χ1) is 9.10. The molecule has 1 saturated heterocycles. The van der Waals surface area contributed by atoms with Crippen molar-refractivity contribution in [1.82, 2.24) is 19.9 Å². The van der Waals surface area contributed by atoms with Crippen molar-refractivity contribution in [3.8, 4) is 0 Å². The van der Waals surface area contributed by atoms with E-state index in [9.17, 15) is 9.90 Å². The monoisotopic (exact) mass is 266 g/mol. The Balaban J connectivity index is 1.93. The van der Waals surface area contributed by atoms with Crippen molar-refractivity contribution < 1.29 is 9.90 Å². The van der Waals surface area contributed by atoms with E-state index in [0.717, 1.165) is 19.5 Å². The number of hydrogen-bond donors (Lipinski definition) is 1. The Morgan fingerprint density at radius 3 is 3.11 bits per heavy atom. The fourth-order valence-electron chi connectivity index (χ4n) is 2.41. The molecule has 0 spiro atoms. The van der Waals surface area contributed by atoms with Crippen LogP contribution >= 0.6 is 0 Å². The Bertz CT molecular complexity index is 432. The molecule has 0 saturated carbocycles. The number of hydrogen-bond acceptors (Lipinski definition) is 4. The number of amides is 1. The Labute approximate surface area is 113 Å². The Morgan fingerprint density at radius 1 is 1.63 bits per heavy atom. The molecule has 106 valence electrons. The van der Waals surface area contributed by atoms with Gasteiger partial charge in [-0.1, -0.05) is 19.1 Å². The quantitative estimate of drug-likeness (QED) is 0.882. The molecule has 1 aromatic rings. The van der Waals surface area contributed by atoms with Crippen LogP contribution in [-0.2, 0) is 11.3 Å². The Morgan fingerprint density at radius 2 is 2.42 bits per heavy atom. The van der Waals surface area contributed by atoms with Gasteiger partial charge in [-0.25, -0.2) is 4.68 Å². The summed E-state index contributed by atoms with van der Waals surface area (Å²) in [5.74, 6) is 0.653. The fraction of sp³-hybridized carbons (Fsp3) is 0.769. The first-order valence-electron chi connectivity index (χ1n) is 6.96. The van der Waals surface area contributed by atoms with E-state index >= 15 is 0 Å². The Hall–Kier alpha value is -1.43. The largest absolute Gasteiger partial charge is 0.387 e. The fourth-order valence-corrected chi connectivity index (χ4v) is 2.41. The number of piperidine rings is 1. The molecule has 6 nitrogen and oxygen atoms in total. The molecule has 19 heavy (non-hydrogen) atoms. The summed E-state index contributed by atoms with van der Waals surface area (Å²) in [5, 5.41) is 17.4. The van der Waals surface area contributed by atoms with Gasteiger partial charge in [0.25, 0.3) is 0 Å². The summed E-state index contributed by atoms with van der Waals surface area (Å²) in [6.45, 7) is 5.92. The predicted molar refractivity (Wildman–Crippen MR) is 70.3 cm³/mol. The highest BCUT2D eigenvalue weighted by molar-refractivity contribution is 5.76. The number of aliphatic hydroxyl groups is 1. The normalized spacial score (nSPS) is 21.4. The molecule has 2 unspecified atom stereocenters. The maximum Gasteiger partial charge on any atom is 0.244 e. The lowest BCUT2D eigenvalue weighted by Crippen LogP contribution is -2.40. The SMILES string of the molecule is CCC(O)c1cn(CC(=O)N2CCCC(C)C2)nn1. The second kappa shape index (κ2) is 6.14. The van der Waals surface area contributed by atoms with Gasteiger partial charge in [0.2, 0.25) is 5.91 Å². The second-order valence-electron chi connectivity index (χ2n) is 5.35. The van der Waals surface area contributed by atoms with Crippen LogP contribution in [0, 0.1) is 5.92 Å². The zero-order valence-electron chi connectivity index (χ0n) is 11.6. The standard InChI is InChI=1S/C13H22N4O2/c1-3-12(18)11-8-17(15-14-11)9-13(19)16-6-4-5-10(2)7-16/h8,10,12,18H,3-7,9H2,1-2H3. The minimum absolute atomic E-state index is 0.0778. The zero-order valence-corrected chi connectivity index (χ0v) is 11.6. The molecule has 6 heteroatoms. The molecule has 2 heterocycles. The van der Waals surface area contributed by atoms with Crippen molar-refractivity contribution in [3.05, 3.63) is 11.9 Å². The van der Waals surface area contributed by atoms with Gasteiger partial charge in [0.1, 0.15) is 12.2 Å². The molecule has 2 rings (SSSR count). The van der Waals surface area contributed by atoms with Crippen LogP contribution in [0.15, 0.2) is 6.20 Å². The average Bonchev–Trinajstić information content (AvgIpc) is 2.86. The number of nitrogens with zero attached hydrogens (tertiary/aromatic N) is 4. The Kier molecular flexibility index (Phi) is 4.52. The van der Waals surface area contributed by atoms with E-state index in [2.05, 4.69) is 17.2 Å².